The smallest absolute Gasteiger partial charge is 0.382 e. The summed E-state index contributed by atoms with van der Waals surface area (Å²) in [6.45, 7) is -0.194. The van der Waals surface area contributed by atoms with Gasteiger partial charge in [-0.2, -0.15) is 18.3 Å². The van der Waals surface area contributed by atoms with Crippen molar-refractivity contribution in [3.8, 4) is 0 Å². The molecular formula is C11H11F5N2O3S. The van der Waals surface area contributed by atoms with Crippen LogP contribution in [0.25, 0.3) is 0 Å². The first-order valence-electron chi connectivity index (χ1n) is 6.34. The lowest BCUT2D eigenvalue weighted by molar-refractivity contribution is -0.146. The Kier molecular flexibility index (Phi) is 3.13. The average Bonchev–Trinajstić information content (AvgIpc) is 2.74. The van der Waals surface area contributed by atoms with Gasteiger partial charge in [-0.25, -0.2) is 17.2 Å². The van der Waals surface area contributed by atoms with E-state index in [2.05, 4.69) is 5.10 Å². The lowest BCUT2D eigenvalue weighted by Crippen LogP contribution is -2.39. The fourth-order valence-electron chi connectivity index (χ4n) is 2.90. The summed E-state index contributed by atoms with van der Waals surface area (Å²) in [4.78, 5) is 0. The number of alkyl halides is 5. The topological polar surface area (TPSA) is 72.2 Å². The molecule has 1 atom stereocenters. The number of aromatic nitrogens is 2. The number of nitrogens with zero attached hydrogens (tertiary/aromatic N) is 2. The van der Waals surface area contributed by atoms with Gasteiger partial charge in [0.25, 0.3) is 5.92 Å². The number of aliphatic hydroxyl groups is 1. The summed E-state index contributed by atoms with van der Waals surface area (Å²) >= 11 is 0. The van der Waals surface area contributed by atoms with Crippen molar-refractivity contribution in [2.24, 2.45) is 5.92 Å². The molecule has 5 nitrogen and oxygen atoms in total. The third kappa shape index (κ3) is 2.39. The number of hydrogen-bond acceptors (Lipinski definition) is 4. The van der Waals surface area contributed by atoms with E-state index < -0.39 is 51.6 Å². The van der Waals surface area contributed by atoms with Gasteiger partial charge in [-0.05, 0) is 0 Å². The van der Waals surface area contributed by atoms with Crippen molar-refractivity contribution in [3.05, 3.63) is 17.0 Å². The van der Waals surface area contributed by atoms with Crippen LogP contribution in [-0.2, 0) is 29.0 Å². The predicted molar refractivity (Wildman–Crippen MR) is 63.0 cm³/mol. The Labute approximate surface area is 121 Å². The maximum absolute atomic E-state index is 13.5. The van der Waals surface area contributed by atoms with Crippen LogP contribution in [-0.4, -0.2) is 40.7 Å². The molecule has 1 aliphatic carbocycles. The number of sulfone groups is 1. The zero-order valence-corrected chi connectivity index (χ0v) is 11.8. The molecule has 0 radical (unpaired) electrons. The van der Waals surface area contributed by atoms with E-state index >= 15 is 0 Å². The quantitative estimate of drug-likeness (QED) is 0.816. The van der Waals surface area contributed by atoms with Gasteiger partial charge in [-0.15, -0.1) is 0 Å². The summed E-state index contributed by atoms with van der Waals surface area (Å²) in [6, 6.07) is 0. The van der Waals surface area contributed by atoms with Gasteiger partial charge in [0.15, 0.2) is 15.5 Å². The summed E-state index contributed by atoms with van der Waals surface area (Å²) in [5, 5.41) is 12.7. The van der Waals surface area contributed by atoms with Gasteiger partial charge >= 0.3 is 6.18 Å². The van der Waals surface area contributed by atoms with E-state index in [9.17, 15) is 35.5 Å². The molecule has 0 saturated carbocycles. The second-order valence-corrected chi connectivity index (χ2v) is 7.83. The minimum absolute atomic E-state index is 0.194. The summed E-state index contributed by atoms with van der Waals surface area (Å²) in [5.41, 5.74) is -2.82. The van der Waals surface area contributed by atoms with Crippen LogP contribution in [0.2, 0.25) is 0 Å². The SMILES string of the molecule is O=S1(=O)CC(Cn2nc(C(F)(F)F)c3c2CC(F)(F)[C@H]3O)C1. The second kappa shape index (κ2) is 4.40. The van der Waals surface area contributed by atoms with Gasteiger partial charge in [0.2, 0.25) is 0 Å². The molecule has 3 rings (SSSR count). The van der Waals surface area contributed by atoms with Crippen LogP contribution in [0.1, 0.15) is 23.1 Å². The Morgan fingerprint density at radius 2 is 1.91 bits per heavy atom. The van der Waals surface area contributed by atoms with E-state index in [1.165, 1.54) is 0 Å². The third-order valence-electron chi connectivity index (χ3n) is 3.85. The van der Waals surface area contributed by atoms with Crippen molar-refractivity contribution in [2.75, 3.05) is 11.5 Å². The van der Waals surface area contributed by atoms with E-state index in [0.29, 0.717) is 0 Å². The molecule has 0 amide bonds. The maximum Gasteiger partial charge on any atom is 0.435 e. The van der Waals surface area contributed by atoms with E-state index in [1.54, 1.807) is 0 Å². The molecule has 0 unspecified atom stereocenters. The first-order chi connectivity index (χ1) is 9.91. The normalized spacial score (nSPS) is 26.7. The highest BCUT2D eigenvalue weighted by Gasteiger charge is 2.55. The molecule has 1 aromatic heterocycles. The minimum Gasteiger partial charge on any atom is -0.382 e. The standard InChI is InChI=1S/C11H11F5N2O3S/c12-10(13)1-6-7(9(10)19)8(11(14,15)16)17-18(6)2-5-3-22(20,21)4-5/h5,9,19H,1-4H2/t9-/m0/s1. The summed E-state index contributed by atoms with van der Waals surface area (Å²) in [6.07, 6.45) is -8.58. The molecular weight excluding hydrogens is 335 g/mol. The van der Waals surface area contributed by atoms with Gasteiger partial charge in [-0.3, -0.25) is 4.68 Å². The van der Waals surface area contributed by atoms with Gasteiger partial charge in [0, 0.05) is 18.0 Å². The summed E-state index contributed by atoms with van der Waals surface area (Å²) in [7, 11) is -3.18. The largest absolute Gasteiger partial charge is 0.435 e. The monoisotopic (exact) mass is 346 g/mol. The Hall–Kier alpha value is -1.23. The van der Waals surface area contributed by atoms with E-state index in [-0.39, 0.29) is 23.7 Å². The first kappa shape index (κ1) is 15.7. The Morgan fingerprint density at radius 1 is 1.32 bits per heavy atom. The molecule has 0 aromatic carbocycles. The van der Waals surface area contributed by atoms with Crippen LogP contribution in [0.4, 0.5) is 22.0 Å². The maximum atomic E-state index is 13.5. The van der Waals surface area contributed by atoms with Crippen LogP contribution in [0, 0.1) is 5.92 Å². The predicted octanol–water partition coefficient (Wildman–Crippen LogP) is 1.17. The molecule has 22 heavy (non-hydrogen) atoms. The Morgan fingerprint density at radius 3 is 2.41 bits per heavy atom. The molecule has 124 valence electrons. The second-order valence-electron chi connectivity index (χ2n) is 5.67. The highest BCUT2D eigenvalue weighted by atomic mass is 32.2. The lowest BCUT2D eigenvalue weighted by Gasteiger charge is -2.26. The Balaban J connectivity index is 1.98. The van der Waals surface area contributed by atoms with Gasteiger partial charge < -0.3 is 5.11 Å². The van der Waals surface area contributed by atoms with Crippen molar-refractivity contribution >= 4 is 9.84 Å². The molecule has 2 aliphatic rings. The van der Waals surface area contributed by atoms with Crippen molar-refractivity contribution < 1.29 is 35.5 Å². The van der Waals surface area contributed by atoms with Crippen molar-refractivity contribution in [1.29, 1.82) is 0 Å². The fraction of sp³-hybridized carbons (Fsp3) is 0.727. The molecule has 0 spiro atoms. The van der Waals surface area contributed by atoms with E-state index in [4.69, 9.17) is 0 Å². The first-order valence-corrected chi connectivity index (χ1v) is 8.16. The van der Waals surface area contributed by atoms with Gasteiger partial charge in [-0.1, -0.05) is 0 Å². The minimum atomic E-state index is -4.97. The number of aliphatic hydroxyl groups excluding tert-OH is 1. The van der Waals surface area contributed by atoms with Gasteiger partial charge in [0.1, 0.15) is 6.10 Å². The Bertz CT molecular complexity index is 713. The van der Waals surface area contributed by atoms with Crippen LogP contribution in [0.3, 0.4) is 0 Å². The van der Waals surface area contributed by atoms with Crippen LogP contribution in [0.15, 0.2) is 0 Å². The number of hydrogen-bond donors (Lipinski definition) is 1. The van der Waals surface area contributed by atoms with Crippen LogP contribution >= 0.6 is 0 Å². The lowest BCUT2D eigenvalue weighted by atomic mass is 10.1. The molecule has 0 bridgehead atoms. The summed E-state index contributed by atoms with van der Waals surface area (Å²) < 4.78 is 88.7. The van der Waals surface area contributed by atoms with Crippen molar-refractivity contribution in [2.45, 2.75) is 31.2 Å². The highest BCUT2D eigenvalue weighted by Crippen LogP contribution is 2.48. The molecule has 1 saturated heterocycles. The van der Waals surface area contributed by atoms with E-state index in [1.807, 2.05) is 0 Å². The number of fused-ring (bicyclic) bond motifs is 1. The van der Waals surface area contributed by atoms with Gasteiger partial charge in [0.05, 0.1) is 23.6 Å². The van der Waals surface area contributed by atoms with Crippen molar-refractivity contribution in [1.82, 2.24) is 9.78 Å². The molecule has 1 N–H and O–H groups in total. The molecule has 1 aromatic rings. The molecule has 1 aliphatic heterocycles. The van der Waals surface area contributed by atoms with E-state index in [0.717, 1.165) is 4.68 Å². The van der Waals surface area contributed by atoms with Crippen LogP contribution < -0.4 is 0 Å². The number of rotatable bonds is 2. The molecule has 2 heterocycles. The summed E-state index contributed by atoms with van der Waals surface area (Å²) in [5.74, 6) is -4.56. The fourth-order valence-corrected chi connectivity index (χ4v) is 4.45. The highest BCUT2D eigenvalue weighted by molar-refractivity contribution is 7.92. The van der Waals surface area contributed by atoms with Crippen molar-refractivity contribution in [3.63, 3.8) is 0 Å². The zero-order chi connectivity index (χ0) is 16.5. The average molecular weight is 346 g/mol. The number of halogens is 5. The zero-order valence-electron chi connectivity index (χ0n) is 10.9. The molecule has 11 heteroatoms. The third-order valence-corrected chi connectivity index (χ3v) is 5.81. The van der Waals surface area contributed by atoms with Crippen LogP contribution in [0.5, 0.6) is 0 Å². The molecule has 1 fully saturated rings.